The summed E-state index contributed by atoms with van der Waals surface area (Å²) in [5.41, 5.74) is 3.52. The highest BCUT2D eigenvalue weighted by Crippen LogP contribution is 2.32. The Morgan fingerprint density at radius 3 is 2.62 bits per heavy atom. The number of hydrogen-bond acceptors (Lipinski definition) is 5. The SMILES string of the molecule is Cc1c(C(=O)NN=Cc2c(O)cccc2Cl)oc2cccc(O)c12. The van der Waals surface area contributed by atoms with Crippen molar-refractivity contribution in [2.24, 2.45) is 5.10 Å². The van der Waals surface area contributed by atoms with Gasteiger partial charge in [0.2, 0.25) is 0 Å². The number of amides is 1. The van der Waals surface area contributed by atoms with Crippen LogP contribution in [-0.2, 0) is 0 Å². The second-order valence-corrected chi connectivity index (χ2v) is 5.49. The number of nitrogens with zero attached hydrogens (tertiary/aromatic N) is 1. The molecule has 122 valence electrons. The minimum Gasteiger partial charge on any atom is -0.507 e. The Labute approximate surface area is 142 Å². The van der Waals surface area contributed by atoms with Crippen molar-refractivity contribution in [3.63, 3.8) is 0 Å². The highest BCUT2D eigenvalue weighted by molar-refractivity contribution is 6.33. The van der Waals surface area contributed by atoms with Crippen molar-refractivity contribution >= 4 is 34.7 Å². The first-order chi connectivity index (χ1) is 11.5. The summed E-state index contributed by atoms with van der Waals surface area (Å²) < 4.78 is 5.47. The van der Waals surface area contributed by atoms with Gasteiger partial charge in [-0.25, -0.2) is 5.43 Å². The summed E-state index contributed by atoms with van der Waals surface area (Å²) in [5.74, 6) is -0.541. The standard InChI is InChI=1S/C17H13ClN2O4/c1-9-15-13(22)6-3-7-14(15)24-16(9)17(23)20-19-8-10-11(18)4-2-5-12(10)21/h2-8,21-22H,1H3,(H,20,23). The molecule has 0 aliphatic carbocycles. The van der Waals surface area contributed by atoms with Gasteiger partial charge < -0.3 is 14.6 Å². The van der Waals surface area contributed by atoms with Crippen molar-refractivity contribution in [3.8, 4) is 11.5 Å². The minimum absolute atomic E-state index is 0.0392. The predicted octanol–water partition coefficient (Wildman–Crippen LogP) is 3.57. The lowest BCUT2D eigenvalue weighted by atomic mass is 10.1. The average Bonchev–Trinajstić information content (AvgIpc) is 2.88. The number of carbonyl (C=O) groups excluding carboxylic acids is 1. The largest absolute Gasteiger partial charge is 0.507 e. The summed E-state index contributed by atoms with van der Waals surface area (Å²) in [6.07, 6.45) is 1.24. The lowest BCUT2D eigenvalue weighted by molar-refractivity contribution is 0.0929. The van der Waals surface area contributed by atoms with Crippen LogP contribution in [0.5, 0.6) is 11.5 Å². The molecule has 0 atom stereocenters. The first-order valence-corrected chi connectivity index (χ1v) is 7.39. The van der Waals surface area contributed by atoms with Gasteiger partial charge >= 0.3 is 5.91 Å². The molecular formula is C17H13ClN2O4. The number of benzene rings is 2. The van der Waals surface area contributed by atoms with Gasteiger partial charge in [-0.15, -0.1) is 0 Å². The van der Waals surface area contributed by atoms with Crippen LogP contribution in [0.15, 0.2) is 45.9 Å². The third-order valence-corrected chi connectivity index (χ3v) is 3.86. The zero-order valence-corrected chi connectivity index (χ0v) is 13.3. The Balaban J connectivity index is 1.85. The molecular weight excluding hydrogens is 332 g/mol. The molecule has 1 heterocycles. The average molecular weight is 345 g/mol. The highest BCUT2D eigenvalue weighted by Gasteiger charge is 2.19. The van der Waals surface area contributed by atoms with Crippen LogP contribution in [0.1, 0.15) is 21.7 Å². The van der Waals surface area contributed by atoms with E-state index in [-0.39, 0.29) is 17.3 Å². The Kier molecular flexibility index (Phi) is 4.14. The third kappa shape index (κ3) is 2.79. The van der Waals surface area contributed by atoms with Crippen molar-refractivity contribution in [2.75, 3.05) is 0 Å². The Morgan fingerprint density at radius 1 is 1.21 bits per heavy atom. The minimum atomic E-state index is -0.578. The summed E-state index contributed by atoms with van der Waals surface area (Å²) in [6.45, 7) is 1.67. The van der Waals surface area contributed by atoms with Gasteiger partial charge in [0.05, 0.1) is 22.2 Å². The highest BCUT2D eigenvalue weighted by atomic mass is 35.5. The topological polar surface area (TPSA) is 95.1 Å². The lowest BCUT2D eigenvalue weighted by Crippen LogP contribution is -2.17. The molecule has 1 amide bonds. The second kappa shape index (κ2) is 6.25. The van der Waals surface area contributed by atoms with E-state index in [0.29, 0.717) is 27.1 Å². The van der Waals surface area contributed by atoms with Crippen LogP contribution in [-0.4, -0.2) is 22.3 Å². The Bertz CT molecular complexity index is 942. The van der Waals surface area contributed by atoms with Gasteiger partial charge in [0.15, 0.2) is 5.76 Å². The number of carbonyl (C=O) groups is 1. The number of phenols is 2. The molecule has 0 unspecified atom stereocenters. The number of aromatic hydroxyl groups is 2. The molecule has 0 saturated heterocycles. The lowest BCUT2D eigenvalue weighted by Gasteiger charge is -2.01. The number of nitrogens with one attached hydrogen (secondary N) is 1. The molecule has 7 heteroatoms. The molecule has 0 radical (unpaired) electrons. The molecule has 0 aliphatic rings. The maximum Gasteiger partial charge on any atom is 0.307 e. The summed E-state index contributed by atoms with van der Waals surface area (Å²) in [4.78, 5) is 12.2. The first kappa shape index (κ1) is 15.9. The number of phenolic OH excluding ortho intramolecular Hbond substituents is 2. The number of hydrogen-bond donors (Lipinski definition) is 3. The van der Waals surface area contributed by atoms with Crippen LogP contribution in [0.3, 0.4) is 0 Å². The van der Waals surface area contributed by atoms with Crippen molar-refractivity contribution in [1.82, 2.24) is 5.43 Å². The van der Waals surface area contributed by atoms with E-state index >= 15 is 0 Å². The summed E-state index contributed by atoms with van der Waals surface area (Å²) in [6, 6.07) is 9.45. The number of hydrazone groups is 1. The van der Waals surface area contributed by atoms with E-state index in [9.17, 15) is 15.0 Å². The zero-order chi connectivity index (χ0) is 17.3. The van der Waals surface area contributed by atoms with Crippen LogP contribution in [0, 0.1) is 6.92 Å². The number of furan rings is 1. The molecule has 24 heavy (non-hydrogen) atoms. The Hall–Kier alpha value is -2.99. The maximum absolute atomic E-state index is 12.2. The third-order valence-electron chi connectivity index (χ3n) is 3.53. The summed E-state index contributed by atoms with van der Waals surface area (Å²) >= 11 is 5.95. The van der Waals surface area contributed by atoms with Crippen molar-refractivity contribution < 1.29 is 19.4 Å². The van der Waals surface area contributed by atoms with E-state index in [1.165, 1.54) is 18.3 Å². The molecule has 3 aromatic rings. The van der Waals surface area contributed by atoms with E-state index in [1.54, 1.807) is 31.2 Å². The Morgan fingerprint density at radius 2 is 1.92 bits per heavy atom. The normalized spacial score (nSPS) is 11.2. The van der Waals surface area contributed by atoms with E-state index < -0.39 is 5.91 Å². The van der Waals surface area contributed by atoms with Crippen LogP contribution in [0.25, 0.3) is 11.0 Å². The number of fused-ring (bicyclic) bond motifs is 1. The molecule has 1 aromatic heterocycles. The fraction of sp³-hybridized carbons (Fsp3) is 0.0588. The fourth-order valence-corrected chi connectivity index (χ4v) is 2.58. The van der Waals surface area contributed by atoms with E-state index in [0.717, 1.165) is 0 Å². The van der Waals surface area contributed by atoms with Crippen LogP contribution < -0.4 is 5.43 Å². The van der Waals surface area contributed by atoms with Gasteiger partial charge in [-0.3, -0.25) is 4.79 Å². The first-order valence-electron chi connectivity index (χ1n) is 7.01. The van der Waals surface area contributed by atoms with Gasteiger partial charge in [-0.1, -0.05) is 23.7 Å². The van der Waals surface area contributed by atoms with Gasteiger partial charge in [-0.05, 0) is 31.2 Å². The molecule has 0 aliphatic heterocycles. The molecule has 3 rings (SSSR count). The molecule has 3 N–H and O–H groups in total. The van der Waals surface area contributed by atoms with Gasteiger partial charge in [0.25, 0.3) is 0 Å². The monoisotopic (exact) mass is 344 g/mol. The summed E-state index contributed by atoms with van der Waals surface area (Å²) in [5, 5.41) is 24.1. The van der Waals surface area contributed by atoms with Crippen molar-refractivity contribution in [3.05, 3.63) is 58.3 Å². The maximum atomic E-state index is 12.2. The molecule has 0 fully saturated rings. The summed E-state index contributed by atoms with van der Waals surface area (Å²) in [7, 11) is 0. The van der Waals surface area contributed by atoms with Gasteiger partial charge in [0.1, 0.15) is 17.1 Å². The van der Waals surface area contributed by atoms with E-state index in [4.69, 9.17) is 16.0 Å². The fourth-order valence-electron chi connectivity index (χ4n) is 2.36. The quantitative estimate of drug-likeness (QED) is 0.500. The molecule has 0 saturated carbocycles. The number of halogens is 1. The van der Waals surface area contributed by atoms with E-state index in [2.05, 4.69) is 10.5 Å². The second-order valence-electron chi connectivity index (χ2n) is 5.08. The van der Waals surface area contributed by atoms with Crippen LogP contribution in [0.2, 0.25) is 5.02 Å². The zero-order valence-electron chi connectivity index (χ0n) is 12.6. The number of rotatable bonds is 3. The van der Waals surface area contributed by atoms with Gasteiger partial charge in [0, 0.05) is 5.56 Å². The van der Waals surface area contributed by atoms with Crippen molar-refractivity contribution in [1.29, 1.82) is 0 Å². The molecule has 0 bridgehead atoms. The molecule has 2 aromatic carbocycles. The predicted molar refractivity (Wildman–Crippen MR) is 90.8 cm³/mol. The van der Waals surface area contributed by atoms with Crippen LogP contribution in [0.4, 0.5) is 0 Å². The number of aryl methyl sites for hydroxylation is 1. The van der Waals surface area contributed by atoms with E-state index in [1.807, 2.05) is 0 Å². The smallest absolute Gasteiger partial charge is 0.307 e. The van der Waals surface area contributed by atoms with Crippen molar-refractivity contribution in [2.45, 2.75) is 6.92 Å². The molecule has 0 spiro atoms. The van der Waals surface area contributed by atoms with Gasteiger partial charge in [-0.2, -0.15) is 5.10 Å². The van der Waals surface area contributed by atoms with Crippen LogP contribution >= 0.6 is 11.6 Å². The molecule has 6 nitrogen and oxygen atoms in total.